The Kier molecular flexibility index (Phi) is 9.43. The molecule has 7 N–H and O–H groups in total. The van der Waals surface area contributed by atoms with E-state index in [2.05, 4.69) is 30.6 Å². The zero-order valence-electron chi connectivity index (χ0n) is 18.4. The van der Waals surface area contributed by atoms with E-state index in [4.69, 9.17) is 15.9 Å². The molecule has 1 amide bonds. The fraction of sp³-hybridized carbons (Fsp3) is 0.286. The number of carboxylic acids is 2. The first-order chi connectivity index (χ1) is 16.2. The van der Waals surface area contributed by atoms with Gasteiger partial charge in [-0.15, -0.1) is 0 Å². The summed E-state index contributed by atoms with van der Waals surface area (Å²) in [6.07, 6.45) is 1.65. The van der Waals surface area contributed by atoms with Gasteiger partial charge in [0.25, 0.3) is 5.56 Å². The number of carboxylic acid groups (broad SMARTS) is 2. The topological polar surface area (TPSA) is 213 Å². The molecule has 0 aliphatic heterocycles. The van der Waals surface area contributed by atoms with Gasteiger partial charge in [-0.25, -0.2) is 9.97 Å². The number of primary amides is 1. The molecule has 0 radical (unpaired) electrons. The summed E-state index contributed by atoms with van der Waals surface area (Å²) in [5.41, 5.74) is 7.15. The second kappa shape index (κ2) is 12.5. The van der Waals surface area contributed by atoms with E-state index in [0.29, 0.717) is 30.3 Å². The van der Waals surface area contributed by atoms with Gasteiger partial charge in [-0.3, -0.25) is 24.2 Å². The summed E-state index contributed by atoms with van der Waals surface area (Å²) in [6, 6.07) is 6.75. The highest BCUT2D eigenvalue weighted by Crippen LogP contribution is 2.11. The third-order valence-corrected chi connectivity index (χ3v) is 4.24. The number of rotatable bonds is 10. The van der Waals surface area contributed by atoms with Crippen LogP contribution in [0.5, 0.6) is 0 Å². The smallest absolute Gasteiger partial charge is 0.303 e. The van der Waals surface area contributed by atoms with E-state index in [9.17, 15) is 19.2 Å². The summed E-state index contributed by atoms with van der Waals surface area (Å²) in [6.45, 7) is 2.91. The standard InChI is InChI=1S/C16H17N7O2.C5H8O4/c1-2-18-16-22-14-12(15(25)23-16)21-11(8-20-14)7-19-10-5-3-9(4-6-10)13(17)24;6-4(7)2-1-3-5(8)9/h3-6,8,19H,2,7H2,1H3,(H2,17,24)(H2,18,20,22,23,25);1-3H2,(H,6,7)(H,8,9). The van der Waals surface area contributed by atoms with Crippen molar-refractivity contribution in [3.05, 3.63) is 52.1 Å². The molecule has 0 aliphatic carbocycles. The lowest BCUT2D eigenvalue weighted by Gasteiger charge is -2.07. The number of carbonyl (C=O) groups excluding carboxylic acids is 1. The molecule has 3 aromatic rings. The lowest BCUT2D eigenvalue weighted by molar-refractivity contribution is -0.138. The predicted molar refractivity (Wildman–Crippen MR) is 124 cm³/mol. The summed E-state index contributed by atoms with van der Waals surface area (Å²) < 4.78 is 0. The number of aromatic nitrogens is 4. The van der Waals surface area contributed by atoms with Gasteiger partial charge in [0.05, 0.1) is 18.4 Å². The van der Waals surface area contributed by atoms with Crippen molar-refractivity contribution >= 4 is 40.6 Å². The molecule has 13 nitrogen and oxygen atoms in total. The number of H-pyrrole nitrogens is 1. The molecule has 1 aromatic carbocycles. The molecule has 13 heteroatoms. The molecule has 0 spiro atoms. The molecule has 2 heterocycles. The zero-order valence-corrected chi connectivity index (χ0v) is 18.4. The van der Waals surface area contributed by atoms with Gasteiger partial charge in [0.15, 0.2) is 11.2 Å². The Hall–Kier alpha value is -4.55. The van der Waals surface area contributed by atoms with Gasteiger partial charge in [-0.05, 0) is 37.6 Å². The van der Waals surface area contributed by atoms with Crippen LogP contribution >= 0.6 is 0 Å². The van der Waals surface area contributed by atoms with Crippen LogP contribution in [0.3, 0.4) is 0 Å². The Balaban J connectivity index is 0.000000387. The number of aliphatic carboxylic acids is 2. The lowest BCUT2D eigenvalue weighted by Crippen LogP contribution is -2.16. The van der Waals surface area contributed by atoms with Crippen molar-refractivity contribution in [3.8, 4) is 0 Å². The van der Waals surface area contributed by atoms with Crippen molar-refractivity contribution in [2.45, 2.75) is 32.7 Å². The van der Waals surface area contributed by atoms with E-state index in [0.717, 1.165) is 5.69 Å². The van der Waals surface area contributed by atoms with Crippen LogP contribution in [0.1, 0.15) is 42.2 Å². The number of nitrogens with zero attached hydrogens (tertiary/aromatic N) is 3. The molecule has 34 heavy (non-hydrogen) atoms. The molecule has 0 bridgehead atoms. The predicted octanol–water partition coefficient (Wildman–Crippen LogP) is 1.18. The highest BCUT2D eigenvalue weighted by molar-refractivity contribution is 5.93. The van der Waals surface area contributed by atoms with Crippen LogP contribution in [0.4, 0.5) is 11.6 Å². The van der Waals surface area contributed by atoms with Gasteiger partial charge >= 0.3 is 11.9 Å². The summed E-state index contributed by atoms with van der Waals surface area (Å²) in [5.74, 6) is -2.00. The number of amides is 1. The van der Waals surface area contributed by atoms with Gasteiger partial charge in [-0.1, -0.05) is 0 Å². The number of nitrogens with two attached hydrogens (primary N) is 1. The minimum Gasteiger partial charge on any atom is -0.481 e. The van der Waals surface area contributed by atoms with Crippen molar-refractivity contribution in [1.29, 1.82) is 0 Å². The number of nitrogens with one attached hydrogen (secondary N) is 3. The van der Waals surface area contributed by atoms with Crippen LogP contribution in [-0.2, 0) is 16.1 Å². The van der Waals surface area contributed by atoms with Crippen LogP contribution in [0.2, 0.25) is 0 Å². The van der Waals surface area contributed by atoms with Crippen molar-refractivity contribution in [1.82, 2.24) is 19.9 Å². The minimum atomic E-state index is -0.948. The third kappa shape index (κ3) is 8.18. The molecule has 0 atom stereocenters. The highest BCUT2D eigenvalue weighted by Gasteiger charge is 2.08. The third-order valence-electron chi connectivity index (χ3n) is 4.24. The molecular formula is C21H25N7O6. The van der Waals surface area contributed by atoms with Crippen molar-refractivity contribution < 1.29 is 24.6 Å². The molecular weight excluding hydrogens is 446 g/mol. The summed E-state index contributed by atoms with van der Waals surface area (Å²) in [4.78, 5) is 58.1. The Bertz CT molecular complexity index is 1200. The van der Waals surface area contributed by atoms with Crippen molar-refractivity contribution in [2.24, 2.45) is 5.73 Å². The van der Waals surface area contributed by atoms with Crippen molar-refractivity contribution in [3.63, 3.8) is 0 Å². The van der Waals surface area contributed by atoms with E-state index in [-0.39, 0.29) is 36.0 Å². The molecule has 2 aromatic heterocycles. The Morgan fingerprint density at radius 2 is 1.68 bits per heavy atom. The van der Waals surface area contributed by atoms with E-state index in [1.54, 1.807) is 30.5 Å². The van der Waals surface area contributed by atoms with E-state index in [1.807, 2.05) is 6.92 Å². The SMILES string of the molecule is CCNc1nc2ncc(CNc3ccc(C(N)=O)cc3)nc2c(=O)[nH]1.O=C(O)CCCC(=O)O. The van der Waals surface area contributed by atoms with E-state index < -0.39 is 17.8 Å². The molecule has 180 valence electrons. The zero-order chi connectivity index (χ0) is 25.1. The first-order valence-corrected chi connectivity index (χ1v) is 10.3. The Labute approximate surface area is 193 Å². The molecule has 3 rings (SSSR count). The Morgan fingerprint density at radius 3 is 2.24 bits per heavy atom. The average Bonchev–Trinajstić information content (AvgIpc) is 2.78. The van der Waals surface area contributed by atoms with Gasteiger partial charge in [0, 0.05) is 30.6 Å². The summed E-state index contributed by atoms with van der Waals surface area (Å²) >= 11 is 0. The van der Waals surface area contributed by atoms with Crippen LogP contribution in [0.15, 0.2) is 35.3 Å². The normalized spacial score (nSPS) is 10.1. The lowest BCUT2D eigenvalue weighted by atomic mass is 10.2. The number of benzene rings is 1. The first kappa shape index (κ1) is 25.7. The number of anilines is 2. The van der Waals surface area contributed by atoms with Crippen molar-refractivity contribution in [2.75, 3.05) is 17.2 Å². The van der Waals surface area contributed by atoms with Gasteiger partial charge in [-0.2, -0.15) is 4.98 Å². The van der Waals surface area contributed by atoms with Crippen LogP contribution in [-0.4, -0.2) is 54.5 Å². The molecule has 0 aliphatic rings. The minimum absolute atomic E-state index is 0.0632. The Morgan fingerprint density at radius 1 is 1.03 bits per heavy atom. The number of carbonyl (C=O) groups is 3. The monoisotopic (exact) mass is 471 g/mol. The maximum absolute atomic E-state index is 12.1. The number of aromatic amines is 1. The summed E-state index contributed by atoms with van der Waals surface area (Å²) in [5, 5.41) is 22.1. The maximum Gasteiger partial charge on any atom is 0.303 e. The number of hydrogen-bond donors (Lipinski definition) is 6. The highest BCUT2D eigenvalue weighted by atomic mass is 16.4. The second-order valence-electron chi connectivity index (χ2n) is 6.91. The van der Waals surface area contributed by atoms with Gasteiger partial charge < -0.3 is 26.6 Å². The van der Waals surface area contributed by atoms with Gasteiger partial charge in [0.2, 0.25) is 11.9 Å². The molecule has 0 fully saturated rings. The van der Waals surface area contributed by atoms with Crippen LogP contribution in [0, 0.1) is 0 Å². The summed E-state index contributed by atoms with van der Waals surface area (Å²) in [7, 11) is 0. The van der Waals surface area contributed by atoms with Crippen LogP contribution < -0.4 is 21.9 Å². The second-order valence-corrected chi connectivity index (χ2v) is 6.91. The first-order valence-electron chi connectivity index (χ1n) is 10.3. The fourth-order valence-electron chi connectivity index (χ4n) is 2.63. The maximum atomic E-state index is 12.1. The molecule has 0 saturated heterocycles. The van der Waals surface area contributed by atoms with Gasteiger partial charge in [0.1, 0.15) is 0 Å². The number of fused-ring (bicyclic) bond motifs is 1. The quantitative estimate of drug-likeness (QED) is 0.247. The van der Waals surface area contributed by atoms with Crippen LogP contribution in [0.25, 0.3) is 11.2 Å². The average molecular weight is 471 g/mol. The molecule has 0 unspecified atom stereocenters. The largest absolute Gasteiger partial charge is 0.481 e. The fourth-order valence-corrected chi connectivity index (χ4v) is 2.63. The molecule has 0 saturated carbocycles. The van der Waals surface area contributed by atoms with E-state index >= 15 is 0 Å². The van der Waals surface area contributed by atoms with E-state index in [1.165, 1.54) is 0 Å². The number of hydrogen-bond acceptors (Lipinski definition) is 9.